The number of ether oxygens (including phenoxy) is 1. The molecule has 1 aliphatic rings. The van der Waals surface area contributed by atoms with Gasteiger partial charge < -0.3 is 15.0 Å². The van der Waals surface area contributed by atoms with E-state index < -0.39 is 5.54 Å². The molecule has 0 saturated carbocycles. The Kier molecular flexibility index (Phi) is 7.51. The number of nitrogens with zero attached hydrogens (tertiary/aromatic N) is 1. The van der Waals surface area contributed by atoms with Gasteiger partial charge in [-0.3, -0.25) is 4.79 Å². The van der Waals surface area contributed by atoms with E-state index in [0.717, 1.165) is 41.8 Å². The van der Waals surface area contributed by atoms with Gasteiger partial charge in [-0.1, -0.05) is 75.4 Å². The van der Waals surface area contributed by atoms with Crippen LogP contribution >= 0.6 is 0 Å². The minimum atomic E-state index is -0.946. The third kappa shape index (κ3) is 4.93. The first-order chi connectivity index (χ1) is 16.6. The number of methoxy groups -OCH3 is 1. The molecular formula is C29H33FN2O2. The molecule has 1 amide bonds. The van der Waals surface area contributed by atoms with Crippen molar-refractivity contribution in [3.05, 3.63) is 89.7 Å². The van der Waals surface area contributed by atoms with E-state index in [1.165, 1.54) is 25.0 Å². The zero-order valence-electron chi connectivity index (χ0n) is 20.0. The van der Waals surface area contributed by atoms with Crippen molar-refractivity contribution in [1.29, 1.82) is 0 Å². The standard InChI is InChI=1S/C29H33FN2O2/c1-3-4-5-6-10-19-29(31-24-14-16-25(34-2)17-15-24)26-18-13-23(30)20-27(26)32(28(29)33)21-22-11-8-7-9-12-22/h7-9,11-18,20,31H,3-6,10,19,21H2,1-2H3/t29-/m0/s1. The van der Waals surface area contributed by atoms with Crippen LogP contribution in [0.2, 0.25) is 0 Å². The van der Waals surface area contributed by atoms with Gasteiger partial charge in [-0.2, -0.15) is 0 Å². The molecule has 178 valence electrons. The molecule has 3 aromatic carbocycles. The van der Waals surface area contributed by atoms with E-state index in [9.17, 15) is 9.18 Å². The molecule has 0 bridgehead atoms. The SMILES string of the molecule is CCCCCCC[C@@]1(Nc2ccc(OC)cc2)C(=O)N(Cc2ccccc2)c2cc(F)ccc21. The molecule has 0 spiro atoms. The molecule has 1 atom stereocenters. The van der Waals surface area contributed by atoms with E-state index in [0.29, 0.717) is 18.7 Å². The third-order valence-corrected chi connectivity index (χ3v) is 6.61. The van der Waals surface area contributed by atoms with Crippen LogP contribution in [0.1, 0.15) is 56.6 Å². The topological polar surface area (TPSA) is 41.6 Å². The fourth-order valence-corrected chi connectivity index (χ4v) is 4.81. The van der Waals surface area contributed by atoms with Crippen molar-refractivity contribution >= 4 is 17.3 Å². The van der Waals surface area contributed by atoms with Crippen LogP contribution in [-0.2, 0) is 16.9 Å². The van der Waals surface area contributed by atoms with Gasteiger partial charge >= 0.3 is 0 Å². The number of anilines is 2. The minimum Gasteiger partial charge on any atom is -0.497 e. The number of carbonyl (C=O) groups is 1. The van der Waals surface area contributed by atoms with Gasteiger partial charge in [0.05, 0.1) is 19.3 Å². The number of amides is 1. The molecule has 3 aromatic rings. The summed E-state index contributed by atoms with van der Waals surface area (Å²) in [6.45, 7) is 2.59. The van der Waals surface area contributed by atoms with Crippen molar-refractivity contribution in [2.75, 3.05) is 17.3 Å². The number of halogens is 1. The summed E-state index contributed by atoms with van der Waals surface area (Å²) in [7, 11) is 1.63. The monoisotopic (exact) mass is 460 g/mol. The predicted octanol–water partition coefficient (Wildman–Crippen LogP) is 7.05. The van der Waals surface area contributed by atoms with Crippen LogP contribution in [0.3, 0.4) is 0 Å². The molecule has 4 nitrogen and oxygen atoms in total. The fourth-order valence-electron chi connectivity index (χ4n) is 4.81. The van der Waals surface area contributed by atoms with Gasteiger partial charge in [0.2, 0.25) is 0 Å². The van der Waals surface area contributed by atoms with Crippen molar-refractivity contribution in [2.45, 2.75) is 57.5 Å². The number of nitrogens with one attached hydrogen (secondary N) is 1. The summed E-state index contributed by atoms with van der Waals surface area (Å²) in [5.41, 5.74) is 2.37. The predicted molar refractivity (Wildman–Crippen MR) is 136 cm³/mol. The Labute approximate surface area is 201 Å². The van der Waals surface area contributed by atoms with E-state index >= 15 is 0 Å². The van der Waals surface area contributed by atoms with Crippen molar-refractivity contribution in [3.63, 3.8) is 0 Å². The van der Waals surface area contributed by atoms with Gasteiger partial charge in [-0.05, 0) is 48.4 Å². The maximum absolute atomic E-state index is 14.4. The van der Waals surface area contributed by atoms with Crippen LogP contribution in [0.4, 0.5) is 15.8 Å². The van der Waals surface area contributed by atoms with Crippen molar-refractivity contribution < 1.29 is 13.9 Å². The van der Waals surface area contributed by atoms with Crippen LogP contribution in [0.25, 0.3) is 0 Å². The van der Waals surface area contributed by atoms with Gasteiger partial charge in [-0.15, -0.1) is 0 Å². The summed E-state index contributed by atoms with van der Waals surface area (Å²) < 4.78 is 19.7. The molecule has 0 fully saturated rings. The lowest BCUT2D eigenvalue weighted by molar-refractivity contribution is -0.122. The highest BCUT2D eigenvalue weighted by molar-refractivity contribution is 6.09. The molecule has 1 heterocycles. The lowest BCUT2D eigenvalue weighted by Crippen LogP contribution is -2.46. The number of hydrogen-bond acceptors (Lipinski definition) is 3. The highest BCUT2D eigenvalue weighted by Gasteiger charge is 2.50. The lowest BCUT2D eigenvalue weighted by atomic mass is 9.85. The van der Waals surface area contributed by atoms with Crippen molar-refractivity contribution in [2.24, 2.45) is 0 Å². The quantitative estimate of drug-likeness (QED) is 0.312. The van der Waals surface area contributed by atoms with Gasteiger partial charge in [0.15, 0.2) is 0 Å². The van der Waals surface area contributed by atoms with Crippen LogP contribution in [0, 0.1) is 5.82 Å². The average molecular weight is 461 g/mol. The molecule has 0 aliphatic carbocycles. The number of hydrogen-bond donors (Lipinski definition) is 1. The summed E-state index contributed by atoms with van der Waals surface area (Å²) in [5, 5.41) is 3.57. The Morgan fingerprint density at radius 1 is 0.941 bits per heavy atom. The van der Waals surface area contributed by atoms with Crippen LogP contribution in [0.15, 0.2) is 72.8 Å². The van der Waals surface area contributed by atoms with Crippen LogP contribution in [0.5, 0.6) is 5.75 Å². The van der Waals surface area contributed by atoms with Crippen molar-refractivity contribution in [3.8, 4) is 5.75 Å². The van der Waals surface area contributed by atoms with E-state index in [1.807, 2.05) is 54.6 Å². The van der Waals surface area contributed by atoms with Gasteiger partial charge in [-0.25, -0.2) is 4.39 Å². The number of benzene rings is 3. The zero-order valence-corrected chi connectivity index (χ0v) is 20.0. The molecular weight excluding hydrogens is 427 g/mol. The Balaban J connectivity index is 1.72. The number of fused-ring (bicyclic) bond motifs is 1. The summed E-state index contributed by atoms with van der Waals surface area (Å²) in [5.74, 6) is 0.376. The molecule has 34 heavy (non-hydrogen) atoms. The van der Waals surface area contributed by atoms with Crippen LogP contribution in [-0.4, -0.2) is 13.0 Å². The number of unbranched alkanes of at least 4 members (excludes halogenated alkanes) is 4. The first kappa shape index (κ1) is 23.8. The Hall–Kier alpha value is -3.34. The van der Waals surface area contributed by atoms with Crippen LogP contribution < -0.4 is 15.0 Å². The minimum absolute atomic E-state index is 0.0386. The summed E-state index contributed by atoms with van der Waals surface area (Å²) in [4.78, 5) is 15.9. The summed E-state index contributed by atoms with van der Waals surface area (Å²) in [6, 6.07) is 22.2. The van der Waals surface area contributed by atoms with Gasteiger partial charge in [0.1, 0.15) is 17.1 Å². The lowest BCUT2D eigenvalue weighted by Gasteiger charge is -2.31. The smallest absolute Gasteiger partial charge is 0.257 e. The second-order valence-corrected chi connectivity index (χ2v) is 8.96. The number of carbonyl (C=O) groups excluding carboxylic acids is 1. The molecule has 1 N–H and O–H groups in total. The number of rotatable bonds is 11. The second kappa shape index (κ2) is 10.7. The maximum atomic E-state index is 14.4. The van der Waals surface area contributed by atoms with Gasteiger partial charge in [0, 0.05) is 11.3 Å². The Morgan fingerprint density at radius 2 is 1.68 bits per heavy atom. The molecule has 0 saturated heterocycles. The fraction of sp³-hybridized carbons (Fsp3) is 0.345. The second-order valence-electron chi connectivity index (χ2n) is 8.96. The molecule has 1 aliphatic heterocycles. The highest BCUT2D eigenvalue weighted by atomic mass is 19.1. The Morgan fingerprint density at radius 3 is 2.38 bits per heavy atom. The molecule has 4 rings (SSSR count). The highest BCUT2D eigenvalue weighted by Crippen LogP contribution is 2.46. The van der Waals surface area contributed by atoms with E-state index in [-0.39, 0.29) is 11.7 Å². The first-order valence-electron chi connectivity index (χ1n) is 12.2. The van der Waals surface area contributed by atoms with Gasteiger partial charge in [0.25, 0.3) is 5.91 Å². The first-order valence-corrected chi connectivity index (χ1v) is 12.2. The third-order valence-electron chi connectivity index (χ3n) is 6.61. The maximum Gasteiger partial charge on any atom is 0.257 e. The largest absolute Gasteiger partial charge is 0.497 e. The van der Waals surface area contributed by atoms with Crippen molar-refractivity contribution in [1.82, 2.24) is 0 Å². The zero-order chi connectivity index (χ0) is 24.0. The summed E-state index contributed by atoms with van der Waals surface area (Å²) in [6.07, 6.45) is 6.11. The average Bonchev–Trinajstić information content (AvgIpc) is 3.07. The summed E-state index contributed by atoms with van der Waals surface area (Å²) >= 11 is 0. The van der Waals surface area contributed by atoms with E-state index in [1.54, 1.807) is 18.1 Å². The molecule has 0 radical (unpaired) electrons. The Bertz CT molecular complexity index is 1100. The van der Waals surface area contributed by atoms with E-state index in [4.69, 9.17) is 4.74 Å². The molecule has 5 heteroatoms. The molecule has 0 unspecified atom stereocenters. The van der Waals surface area contributed by atoms with E-state index in [2.05, 4.69) is 12.2 Å². The normalized spacial score (nSPS) is 17.0. The molecule has 0 aromatic heterocycles.